The van der Waals surface area contributed by atoms with Crippen molar-refractivity contribution in [1.82, 2.24) is 9.89 Å². The van der Waals surface area contributed by atoms with E-state index in [0.29, 0.717) is 0 Å². The van der Waals surface area contributed by atoms with Crippen LogP contribution in [0.5, 0.6) is 5.88 Å². The minimum Gasteiger partial charge on any atom is -0.480 e. The van der Waals surface area contributed by atoms with Gasteiger partial charge in [-0.25, -0.2) is 0 Å². The van der Waals surface area contributed by atoms with Crippen molar-refractivity contribution in [3.8, 4) is 17.1 Å². The molecule has 0 atom stereocenters. The molecular formula is C13H17N3O. The summed E-state index contributed by atoms with van der Waals surface area (Å²) in [7, 11) is 5.53. The first-order chi connectivity index (χ1) is 8.15. The van der Waals surface area contributed by atoms with E-state index >= 15 is 0 Å². The molecule has 90 valence electrons. The predicted octanol–water partition coefficient (Wildman–Crippen LogP) is 2.06. The maximum absolute atomic E-state index is 5.40. The van der Waals surface area contributed by atoms with Crippen molar-refractivity contribution >= 4 is 0 Å². The second-order valence-electron chi connectivity index (χ2n) is 4.09. The van der Waals surface area contributed by atoms with E-state index in [1.165, 1.54) is 0 Å². The van der Waals surface area contributed by atoms with Gasteiger partial charge in [0.05, 0.1) is 7.11 Å². The molecule has 17 heavy (non-hydrogen) atoms. The average Bonchev–Trinajstić information content (AvgIpc) is 2.67. The third-order valence-corrected chi connectivity index (χ3v) is 2.67. The Morgan fingerprint density at radius 1 is 1.18 bits per heavy atom. The molecule has 0 amide bonds. The Bertz CT molecular complexity index is 503. The molecule has 2 aromatic rings. The van der Waals surface area contributed by atoms with Crippen LogP contribution in [0.4, 0.5) is 0 Å². The second kappa shape index (κ2) is 4.49. The molecule has 0 N–H and O–H groups in total. The lowest BCUT2D eigenvalue weighted by Gasteiger charge is -2.14. The topological polar surface area (TPSA) is 30.3 Å². The number of hydrogen-bond acceptors (Lipinski definition) is 3. The Morgan fingerprint density at radius 2 is 1.82 bits per heavy atom. The molecule has 0 aliphatic heterocycles. The summed E-state index contributed by atoms with van der Waals surface area (Å²) >= 11 is 0. The second-order valence-corrected chi connectivity index (χ2v) is 4.09. The Kier molecular flexibility index (Phi) is 3.04. The highest BCUT2D eigenvalue weighted by molar-refractivity contribution is 5.65. The lowest BCUT2D eigenvalue weighted by atomic mass is 10.1. The van der Waals surface area contributed by atoms with Crippen molar-refractivity contribution in [1.29, 1.82) is 0 Å². The molecule has 1 aromatic carbocycles. The number of hydrogen-bond donors (Lipinski definition) is 0. The summed E-state index contributed by atoms with van der Waals surface area (Å²) in [5, 5.41) is 6.46. The van der Waals surface area contributed by atoms with Crippen LogP contribution in [0, 0.1) is 6.92 Å². The lowest BCUT2D eigenvalue weighted by Crippen LogP contribution is -2.26. The van der Waals surface area contributed by atoms with Crippen molar-refractivity contribution in [3.63, 3.8) is 0 Å². The van der Waals surface area contributed by atoms with Gasteiger partial charge in [-0.15, -0.1) is 9.89 Å². The molecule has 0 saturated heterocycles. The van der Waals surface area contributed by atoms with Crippen molar-refractivity contribution in [2.45, 2.75) is 6.92 Å². The molecule has 1 heterocycles. The molecule has 0 aliphatic rings. The van der Waals surface area contributed by atoms with Crippen molar-refractivity contribution in [3.05, 3.63) is 35.9 Å². The van der Waals surface area contributed by atoms with Crippen LogP contribution in [-0.2, 0) is 0 Å². The van der Waals surface area contributed by atoms with Gasteiger partial charge in [-0.1, -0.05) is 30.3 Å². The molecule has 4 heteroatoms. The van der Waals surface area contributed by atoms with Crippen molar-refractivity contribution < 1.29 is 4.74 Å². The number of benzene rings is 1. The van der Waals surface area contributed by atoms with Crippen LogP contribution in [0.25, 0.3) is 11.3 Å². The Balaban J connectivity index is 2.57. The summed E-state index contributed by atoms with van der Waals surface area (Å²) in [4.78, 5) is 1.76. The molecule has 1 aromatic heterocycles. The predicted molar refractivity (Wildman–Crippen MR) is 69.0 cm³/mol. The van der Waals surface area contributed by atoms with E-state index in [9.17, 15) is 0 Å². The van der Waals surface area contributed by atoms with Crippen molar-refractivity contribution in [2.24, 2.45) is 0 Å². The van der Waals surface area contributed by atoms with Crippen LogP contribution in [0.15, 0.2) is 30.3 Å². The highest BCUT2D eigenvalue weighted by Gasteiger charge is 2.17. The zero-order valence-electron chi connectivity index (χ0n) is 10.6. The van der Waals surface area contributed by atoms with Crippen LogP contribution >= 0.6 is 0 Å². The van der Waals surface area contributed by atoms with Crippen LogP contribution in [-0.4, -0.2) is 31.1 Å². The van der Waals surface area contributed by atoms with Gasteiger partial charge in [0.1, 0.15) is 5.69 Å². The van der Waals surface area contributed by atoms with Gasteiger partial charge in [0.25, 0.3) is 0 Å². The van der Waals surface area contributed by atoms with Gasteiger partial charge in [-0.3, -0.25) is 5.01 Å². The fraction of sp³-hybridized carbons (Fsp3) is 0.308. The maximum atomic E-state index is 5.40. The van der Waals surface area contributed by atoms with Gasteiger partial charge < -0.3 is 4.74 Å². The zero-order valence-corrected chi connectivity index (χ0v) is 10.6. The van der Waals surface area contributed by atoms with Crippen LogP contribution in [0.2, 0.25) is 0 Å². The molecule has 0 fully saturated rings. The van der Waals surface area contributed by atoms with Crippen LogP contribution < -0.4 is 9.75 Å². The summed E-state index contributed by atoms with van der Waals surface area (Å²) in [5.74, 6) is 0.772. The molecule has 0 unspecified atom stereocenters. The smallest absolute Gasteiger partial charge is 0.235 e. The number of methoxy groups -OCH3 is 1. The van der Waals surface area contributed by atoms with E-state index in [4.69, 9.17) is 4.74 Å². The Hall–Kier alpha value is -1.97. The fourth-order valence-corrected chi connectivity index (χ4v) is 1.84. The van der Waals surface area contributed by atoms with Gasteiger partial charge in [0, 0.05) is 25.2 Å². The quantitative estimate of drug-likeness (QED) is 0.810. The lowest BCUT2D eigenvalue weighted by molar-refractivity contribution is 0.360. The number of rotatable bonds is 3. The molecular weight excluding hydrogens is 214 g/mol. The normalized spacial score (nSPS) is 10.4. The SMILES string of the molecule is COc1c(C)c(-c2ccccc2)nn1N(C)C. The monoisotopic (exact) mass is 231 g/mol. The number of aromatic nitrogens is 2. The van der Waals surface area contributed by atoms with E-state index in [2.05, 4.69) is 17.2 Å². The minimum absolute atomic E-state index is 0.772. The van der Waals surface area contributed by atoms with E-state index in [-0.39, 0.29) is 0 Å². The van der Waals surface area contributed by atoms with E-state index < -0.39 is 0 Å². The summed E-state index contributed by atoms with van der Waals surface area (Å²) < 4.78 is 5.40. The van der Waals surface area contributed by atoms with Crippen LogP contribution in [0.1, 0.15) is 5.56 Å². The fourth-order valence-electron chi connectivity index (χ4n) is 1.84. The van der Waals surface area contributed by atoms with E-state index in [1.807, 2.05) is 44.2 Å². The van der Waals surface area contributed by atoms with Crippen molar-refractivity contribution in [2.75, 3.05) is 26.2 Å². The average molecular weight is 231 g/mol. The number of ether oxygens (including phenoxy) is 1. The van der Waals surface area contributed by atoms with Gasteiger partial charge in [0.15, 0.2) is 0 Å². The van der Waals surface area contributed by atoms with Gasteiger partial charge in [-0.05, 0) is 6.92 Å². The highest BCUT2D eigenvalue weighted by atomic mass is 16.5. The molecule has 0 saturated carbocycles. The summed E-state index contributed by atoms with van der Waals surface area (Å²) in [6, 6.07) is 10.1. The molecule has 2 rings (SSSR count). The Labute approximate surface area is 101 Å². The first-order valence-electron chi connectivity index (χ1n) is 5.51. The zero-order chi connectivity index (χ0) is 12.4. The first-order valence-corrected chi connectivity index (χ1v) is 5.51. The minimum atomic E-state index is 0.772. The summed E-state index contributed by atoms with van der Waals surface area (Å²) in [6.45, 7) is 2.02. The highest BCUT2D eigenvalue weighted by Crippen LogP contribution is 2.28. The molecule has 0 radical (unpaired) electrons. The molecule has 0 aliphatic carbocycles. The maximum Gasteiger partial charge on any atom is 0.235 e. The van der Waals surface area contributed by atoms with Crippen LogP contribution in [0.3, 0.4) is 0 Å². The first kappa shape index (κ1) is 11.5. The Morgan fingerprint density at radius 3 is 2.29 bits per heavy atom. The standard InChI is InChI=1S/C13H17N3O/c1-10-12(11-8-6-5-7-9-11)14-16(15(2)3)13(10)17-4/h5-9H,1-4H3. The molecule has 0 spiro atoms. The number of nitrogens with zero attached hydrogens (tertiary/aromatic N) is 3. The largest absolute Gasteiger partial charge is 0.480 e. The summed E-state index contributed by atoms with van der Waals surface area (Å²) in [6.07, 6.45) is 0. The van der Waals surface area contributed by atoms with Gasteiger partial charge in [0.2, 0.25) is 5.88 Å². The molecule has 4 nitrogen and oxygen atoms in total. The summed E-state index contributed by atoms with van der Waals surface area (Å²) in [5.41, 5.74) is 3.10. The third-order valence-electron chi connectivity index (χ3n) is 2.67. The van der Waals surface area contributed by atoms with Gasteiger partial charge >= 0.3 is 0 Å². The third kappa shape index (κ3) is 1.98. The van der Waals surface area contributed by atoms with E-state index in [1.54, 1.807) is 11.9 Å². The van der Waals surface area contributed by atoms with E-state index in [0.717, 1.165) is 22.7 Å². The molecule has 0 bridgehead atoms. The van der Waals surface area contributed by atoms with Gasteiger partial charge in [-0.2, -0.15) is 0 Å².